The van der Waals surface area contributed by atoms with Gasteiger partial charge in [-0.2, -0.15) is 0 Å². The number of para-hydroxylation sites is 1. The van der Waals surface area contributed by atoms with Crippen molar-refractivity contribution in [1.29, 1.82) is 0 Å². The number of hydrogen-bond acceptors (Lipinski definition) is 3. The van der Waals surface area contributed by atoms with Crippen molar-refractivity contribution in [2.24, 2.45) is 0 Å². The fourth-order valence-electron chi connectivity index (χ4n) is 3.34. The summed E-state index contributed by atoms with van der Waals surface area (Å²) in [5.41, 5.74) is 2.09. The number of rotatable bonds is 4. The molecule has 1 aliphatic rings. The summed E-state index contributed by atoms with van der Waals surface area (Å²) in [6.45, 7) is 2.20. The first kappa shape index (κ1) is 14.1. The molecular formula is C17H21NO3. The number of carbonyl (C=O) groups excluding carboxylic acids is 1. The zero-order valence-corrected chi connectivity index (χ0v) is 12.3. The summed E-state index contributed by atoms with van der Waals surface area (Å²) in [5, 5.41) is 11.8. The van der Waals surface area contributed by atoms with E-state index in [-0.39, 0.29) is 12.4 Å². The topological polar surface area (TPSA) is 62.3 Å². The third-order valence-electron chi connectivity index (χ3n) is 4.37. The maximum Gasteiger partial charge on any atom is 0.310 e. The van der Waals surface area contributed by atoms with Gasteiger partial charge in [0.15, 0.2) is 0 Å². The number of aromatic amines is 1. The van der Waals surface area contributed by atoms with Crippen LogP contribution < -0.4 is 0 Å². The molecule has 1 saturated carbocycles. The number of H-pyrrole nitrogens is 1. The van der Waals surface area contributed by atoms with Gasteiger partial charge in [-0.15, -0.1) is 0 Å². The van der Waals surface area contributed by atoms with E-state index in [0.717, 1.165) is 47.7 Å². The van der Waals surface area contributed by atoms with E-state index in [9.17, 15) is 9.90 Å². The standard InChI is InChI=1S/C17H21NO3/c1-2-21-15(19)10-12-11-18-16-13(12)6-5-7-14(16)17(20)8-3-4-9-17/h5-7,11,18,20H,2-4,8-10H2,1H3. The maximum atomic E-state index is 11.7. The normalized spacial score (nSPS) is 17.2. The highest BCUT2D eigenvalue weighted by molar-refractivity contribution is 5.90. The molecule has 1 aliphatic carbocycles. The average molecular weight is 287 g/mol. The van der Waals surface area contributed by atoms with Gasteiger partial charge in [-0.05, 0) is 25.3 Å². The summed E-state index contributed by atoms with van der Waals surface area (Å²) >= 11 is 0. The van der Waals surface area contributed by atoms with Crippen molar-refractivity contribution < 1.29 is 14.6 Å². The van der Waals surface area contributed by atoms with Crippen LogP contribution in [0.1, 0.15) is 43.7 Å². The molecular weight excluding hydrogens is 266 g/mol. The Kier molecular flexibility index (Phi) is 3.72. The Morgan fingerprint density at radius 2 is 2.14 bits per heavy atom. The van der Waals surface area contributed by atoms with Gasteiger partial charge in [0.25, 0.3) is 0 Å². The van der Waals surface area contributed by atoms with Crippen LogP contribution in [-0.4, -0.2) is 22.7 Å². The minimum Gasteiger partial charge on any atom is -0.466 e. The number of carbonyl (C=O) groups is 1. The van der Waals surface area contributed by atoms with Crippen molar-refractivity contribution in [3.05, 3.63) is 35.5 Å². The highest BCUT2D eigenvalue weighted by atomic mass is 16.5. The molecule has 0 unspecified atom stereocenters. The van der Waals surface area contributed by atoms with Crippen molar-refractivity contribution in [3.8, 4) is 0 Å². The average Bonchev–Trinajstić information content (AvgIpc) is 3.07. The quantitative estimate of drug-likeness (QED) is 0.850. The van der Waals surface area contributed by atoms with Gasteiger partial charge in [-0.25, -0.2) is 0 Å². The van der Waals surface area contributed by atoms with Gasteiger partial charge in [0.2, 0.25) is 0 Å². The van der Waals surface area contributed by atoms with Crippen LogP contribution in [0.2, 0.25) is 0 Å². The van der Waals surface area contributed by atoms with Gasteiger partial charge in [0.1, 0.15) is 0 Å². The molecule has 1 heterocycles. The Bertz CT molecular complexity index is 653. The van der Waals surface area contributed by atoms with E-state index in [0.29, 0.717) is 6.61 Å². The van der Waals surface area contributed by atoms with Crippen LogP contribution in [-0.2, 0) is 21.6 Å². The second-order valence-electron chi connectivity index (χ2n) is 5.76. The van der Waals surface area contributed by atoms with Gasteiger partial charge in [-0.3, -0.25) is 4.79 Å². The van der Waals surface area contributed by atoms with Gasteiger partial charge in [0.05, 0.1) is 24.1 Å². The fraction of sp³-hybridized carbons (Fsp3) is 0.471. The molecule has 0 spiro atoms. The van der Waals surface area contributed by atoms with Crippen LogP contribution in [0, 0.1) is 0 Å². The summed E-state index contributed by atoms with van der Waals surface area (Å²) in [7, 11) is 0. The number of ether oxygens (including phenoxy) is 1. The fourth-order valence-corrected chi connectivity index (χ4v) is 3.34. The molecule has 0 amide bonds. The summed E-state index contributed by atoms with van der Waals surface area (Å²) in [5.74, 6) is -0.219. The van der Waals surface area contributed by atoms with E-state index >= 15 is 0 Å². The molecule has 2 aromatic rings. The van der Waals surface area contributed by atoms with Crippen molar-refractivity contribution in [1.82, 2.24) is 4.98 Å². The van der Waals surface area contributed by atoms with Crippen LogP contribution >= 0.6 is 0 Å². The van der Waals surface area contributed by atoms with E-state index in [4.69, 9.17) is 4.74 Å². The van der Waals surface area contributed by atoms with Gasteiger partial charge >= 0.3 is 5.97 Å². The van der Waals surface area contributed by atoms with Crippen molar-refractivity contribution in [3.63, 3.8) is 0 Å². The van der Waals surface area contributed by atoms with Crippen LogP contribution in [0.15, 0.2) is 24.4 Å². The Balaban J connectivity index is 1.98. The van der Waals surface area contributed by atoms with E-state index in [1.54, 1.807) is 6.92 Å². The van der Waals surface area contributed by atoms with Gasteiger partial charge in [-0.1, -0.05) is 31.0 Å². The lowest BCUT2D eigenvalue weighted by molar-refractivity contribution is -0.142. The lowest BCUT2D eigenvalue weighted by atomic mass is 9.90. The number of aromatic nitrogens is 1. The third-order valence-corrected chi connectivity index (χ3v) is 4.37. The van der Waals surface area contributed by atoms with E-state index in [1.165, 1.54) is 0 Å². The predicted molar refractivity (Wildman–Crippen MR) is 81.0 cm³/mol. The summed E-state index contributed by atoms with van der Waals surface area (Å²) in [6, 6.07) is 5.93. The van der Waals surface area contributed by atoms with Crippen LogP contribution in [0.5, 0.6) is 0 Å². The molecule has 1 fully saturated rings. The Labute approximate surface area is 124 Å². The minimum absolute atomic E-state index is 0.219. The summed E-state index contributed by atoms with van der Waals surface area (Å²) in [4.78, 5) is 14.9. The van der Waals surface area contributed by atoms with Crippen molar-refractivity contribution >= 4 is 16.9 Å². The van der Waals surface area contributed by atoms with Crippen LogP contribution in [0.25, 0.3) is 10.9 Å². The first-order valence-electron chi connectivity index (χ1n) is 7.61. The number of fused-ring (bicyclic) bond motifs is 1. The Hall–Kier alpha value is -1.81. The molecule has 21 heavy (non-hydrogen) atoms. The second-order valence-corrected chi connectivity index (χ2v) is 5.76. The molecule has 1 aromatic heterocycles. The number of hydrogen-bond donors (Lipinski definition) is 2. The summed E-state index contributed by atoms with van der Waals surface area (Å²) < 4.78 is 5.01. The maximum absolute atomic E-state index is 11.7. The molecule has 0 bridgehead atoms. The zero-order valence-electron chi connectivity index (χ0n) is 12.3. The second kappa shape index (κ2) is 5.53. The van der Waals surface area contributed by atoms with Crippen molar-refractivity contribution in [2.45, 2.75) is 44.6 Å². The predicted octanol–water partition coefficient (Wildman–Crippen LogP) is 3.04. The Morgan fingerprint density at radius 1 is 1.38 bits per heavy atom. The van der Waals surface area contributed by atoms with E-state index in [2.05, 4.69) is 4.98 Å². The number of aliphatic hydroxyl groups is 1. The zero-order chi connectivity index (χ0) is 14.9. The largest absolute Gasteiger partial charge is 0.466 e. The van der Waals surface area contributed by atoms with E-state index in [1.807, 2.05) is 24.4 Å². The molecule has 4 heteroatoms. The van der Waals surface area contributed by atoms with Crippen LogP contribution in [0.3, 0.4) is 0 Å². The van der Waals surface area contributed by atoms with Crippen LogP contribution in [0.4, 0.5) is 0 Å². The van der Waals surface area contributed by atoms with Gasteiger partial charge < -0.3 is 14.8 Å². The number of nitrogens with one attached hydrogen (secondary N) is 1. The highest BCUT2D eigenvalue weighted by Crippen LogP contribution is 2.41. The smallest absolute Gasteiger partial charge is 0.310 e. The molecule has 0 aliphatic heterocycles. The van der Waals surface area contributed by atoms with E-state index < -0.39 is 5.60 Å². The minimum atomic E-state index is -0.731. The SMILES string of the molecule is CCOC(=O)Cc1c[nH]c2c(C3(O)CCCC3)cccc12. The first-order valence-corrected chi connectivity index (χ1v) is 7.61. The van der Waals surface area contributed by atoms with Crippen molar-refractivity contribution in [2.75, 3.05) is 6.61 Å². The summed E-state index contributed by atoms with van der Waals surface area (Å²) in [6.07, 6.45) is 5.84. The highest BCUT2D eigenvalue weighted by Gasteiger charge is 2.34. The molecule has 1 aromatic carbocycles. The number of esters is 1. The number of benzene rings is 1. The molecule has 0 atom stereocenters. The lowest BCUT2D eigenvalue weighted by Crippen LogP contribution is -2.21. The monoisotopic (exact) mass is 287 g/mol. The molecule has 3 rings (SSSR count). The first-order chi connectivity index (χ1) is 10.1. The molecule has 2 N–H and O–H groups in total. The Morgan fingerprint density at radius 3 is 2.86 bits per heavy atom. The molecule has 0 radical (unpaired) electrons. The molecule has 112 valence electrons. The third kappa shape index (κ3) is 2.56. The molecule has 0 saturated heterocycles. The lowest BCUT2D eigenvalue weighted by Gasteiger charge is -2.23. The van der Waals surface area contributed by atoms with Gasteiger partial charge in [0, 0.05) is 17.1 Å². The molecule has 4 nitrogen and oxygen atoms in total.